The van der Waals surface area contributed by atoms with Crippen LogP contribution in [0.4, 0.5) is 17.1 Å². The smallest absolute Gasteiger partial charge is 0.0640 e. The van der Waals surface area contributed by atoms with Gasteiger partial charge in [-0.1, -0.05) is 109 Å². The van der Waals surface area contributed by atoms with Gasteiger partial charge in [-0.05, 0) is 87.3 Å². The van der Waals surface area contributed by atoms with Crippen LogP contribution >= 0.6 is 22.7 Å². The number of thiophene rings is 2. The number of nitrogens with zero attached hydrogens (tertiary/aromatic N) is 1. The largest absolute Gasteiger partial charge is 0.309 e. The van der Waals surface area contributed by atoms with E-state index in [4.69, 9.17) is 0 Å². The zero-order valence-electron chi connectivity index (χ0n) is 25.4. The van der Waals surface area contributed by atoms with Gasteiger partial charge in [-0.2, -0.15) is 0 Å². The first kappa shape index (κ1) is 26.7. The van der Waals surface area contributed by atoms with Gasteiger partial charge in [0.05, 0.1) is 10.4 Å². The number of benzene rings is 8. The number of rotatable bonds is 4. The van der Waals surface area contributed by atoms with Crippen LogP contribution in [0.2, 0.25) is 0 Å². The molecule has 2 heterocycles. The number of hydrogen-bond acceptors (Lipinski definition) is 3. The third-order valence-corrected chi connectivity index (χ3v) is 11.8. The van der Waals surface area contributed by atoms with Crippen LogP contribution in [0, 0.1) is 0 Å². The highest BCUT2D eigenvalue weighted by molar-refractivity contribution is 7.26. The quantitative estimate of drug-likeness (QED) is 0.186. The highest BCUT2D eigenvalue weighted by Gasteiger charge is 2.19. The Morgan fingerprint density at radius 2 is 1.02 bits per heavy atom. The van der Waals surface area contributed by atoms with Gasteiger partial charge in [0.1, 0.15) is 0 Å². The minimum absolute atomic E-state index is 1.14. The minimum Gasteiger partial charge on any atom is -0.309 e. The first-order valence-electron chi connectivity index (χ1n) is 15.9. The molecule has 0 bridgehead atoms. The van der Waals surface area contributed by atoms with Crippen LogP contribution in [0.15, 0.2) is 164 Å². The van der Waals surface area contributed by atoms with E-state index in [1.165, 1.54) is 78.7 Å². The summed E-state index contributed by atoms with van der Waals surface area (Å²) in [6.45, 7) is 0. The first-order valence-corrected chi connectivity index (χ1v) is 17.6. The van der Waals surface area contributed by atoms with Gasteiger partial charge in [0, 0.05) is 47.0 Å². The maximum atomic E-state index is 2.44. The Balaban J connectivity index is 1.18. The zero-order chi connectivity index (χ0) is 30.9. The molecule has 0 radical (unpaired) electrons. The average molecular weight is 634 g/mol. The van der Waals surface area contributed by atoms with Crippen molar-refractivity contribution in [1.29, 1.82) is 0 Å². The van der Waals surface area contributed by atoms with Crippen LogP contribution in [0.3, 0.4) is 0 Å². The van der Waals surface area contributed by atoms with Gasteiger partial charge in [0.25, 0.3) is 0 Å². The Kier molecular flexibility index (Phi) is 5.98. The molecule has 0 amide bonds. The van der Waals surface area contributed by atoms with Crippen LogP contribution in [-0.2, 0) is 0 Å². The van der Waals surface area contributed by atoms with E-state index in [-0.39, 0.29) is 0 Å². The zero-order valence-corrected chi connectivity index (χ0v) is 27.0. The fourth-order valence-electron chi connectivity index (χ4n) is 7.20. The molecule has 1 nitrogen and oxygen atoms in total. The van der Waals surface area contributed by atoms with Crippen molar-refractivity contribution in [2.75, 3.05) is 4.90 Å². The Labute approximate surface area is 280 Å². The Morgan fingerprint density at radius 3 is 1.87 bits per heavy atom. The lowest BCUT2D eigenvalue weighted by Gasteiger charge is -2.26. The number of hydrogen-bond donors (Lipinski definition) is 0. The summed E-state index contributed by atoms with van der Waals surface area (Å²) in [4.78, 5) is 2.44. The fraction of sp³-hybridized carbons (Fsp3) is 0. The highest BCUT2D eigenvalue weighted by Crippen LogP contribution is 2.46. The average Bonchev–Trinajstić information content (AvgIpc) is 3.69. The van der Waals surface area contributed by atoms with Crippen LogP contribution in [0.1, 0.15) is 0 Å². The van der Waals surface area contributed by atoms with Crippen molar-refractivity contribution in [3.8, 4) is 11.1 Å². The second-order valence-electron chi connectivity index (χ2n) is 12.1. The second-order valence-corrected chi connectivity index (χ2v) is 14.3. The van der Waals surface area contributed by atoms with Gasteiger partial charge in [-0.3, -0.25) is 0 Å². The summed E-state index contributed by atoms with van der Waals surface area (Å²) in [6, 6.07) is 60.2. The van der Waals surface area contributed by atoms with E-state index in [1.54, 1.807) is 0 Å². The lowest BCUT2D eigenvalue weighted by atomic mass is 9.98. The Morgan fingerprint density at radius 1 is 0.362 bits per heavy atom. The second kappa shape index (κ2) is 10.5. The van der Waals surface area contributed by atoms with Gasteiger partial charge >= 0.3 is 0 Å². The van der Waals surface area contributed by atoms with Crippen molar-refractivity contribution in [2.45, 2.75) is 0 Å². The molecular formula is C44H27NS2. The SMILES string of the molecule is c1ccc2c(-c3ccc(N(c4ccc5cc6c(cc5c4)sc4ccccc46)c4cccc5c4sc4ccccc45)cc3)cccc2c1. The van der Waals surface area contributed by atoms with Gasteiger partial charge in [-0.15, -0.1) is 22.7 Å². The third-order valence-electron chi connectivity index (χ3n) is 9.43. The predicted molar refractivity (Wildman–Crippen MR) is 207 cm³/mol. The molecule has 8 aromatic carbocycles. The molecular weight excluding hydrogens is 607 g/mol. The Bertz CT molecular complexity index is 2800. The summed E-state index contributed by atoms with van der Waals surface area (Å²) >= 11 is 3.75. The number of fused-ring (bicyclic) bond motifs is 8. The summed E-state index contributed by atoms with van der Waals surface area (Å²) < 4.78 is 5.27. The van der Waals surface area contributed by atoms with Gasteiger partial charge in [0.2, 0.25) is 0 Å². The van der Waals surface area contributed by atoms with Crippen LogP contribution in [0.25, 0.3) is 73.0 Å². The van der Waals surface area contributed by atoms with Crippen LogP contribution in [0.5, 0.6) is 0 Å². The van der Waals surface area contributed by atoms with Crippen LogP contribution < -0.4 is 4.90 Å². The predicted octanol–water partition coefficient (Wildman–Crippen LogP) is 13.9. The first-order chi connectivity index (χ1) is 23.3. The van der Waals surface area contributed by atoms with Gasteiger partial charge in [-0.25, -0.2) is 0 Å². The van der Waals surface area contributed by atoms with Crippen molar-refractivity contribution >= 4 is 102 Å². The summed E-state index contributed by atoms with van der Waals surface area (Å²) in [6.07, 6.45) is 0. The molecule has 220 valence electrons. The van der Waals surface area contributed by atoms with E-state index >= 15 is 0 Å². The lowest BCUT2D eigenvalue weighted by Crippen LogP contribution is -2.10. The highest BCUT2D eigenvalue weighted by atomic mass is 32.1. The molecule has 0 aliphatic carbocycles. The van der Waals surface area contributed by atoms with Crippen LogP contribution in [-0.4, -0.2) is 0 Å². The summed E-state index contributed by atoms with van der Waals surface area (Å²) in [5.41, 5.74) is 5.97. The molecule has 0 unspecified atom stereocenters. The Hall–Kier alpha value is -5.48. The molecule has 0 fully saturated rings. The van der Waals surface area contributed by atoms with Crippen molar-refractivity contribution in [3.63, 3.8) is 0 Å². The minimum atomic E-state index is 1.14. The molecule has 0 aliphatic heterocycles. The van der Waals surface area contributed by atoms with E-state index in [2.05, 4.69) is 169 Å². The number of anilines is 3. The molecule has 2 aromatic heterocycles. The molecule has 0 saturated carbocycles. The molecule has 0 saturated heterocycles. The summed E-state index contributed by atoms with van der Waals surface area (Å²) in [5, 5.41) is 10.3. The molecule has 10 aromatic rings. The summed E-state index contributed by atoms with van der Waals surface area (Å²) in [7, 11) is 0. The molecule has 0 atom stereocenters. The maximum Gasteiger partial charge on any atom is 0.0640 e. The summed E-state index contributed by atoms with van der Waals surface area (Å²) in [5.74, 6) is 0. The van der Waals surface area contributed by atoms with E-state index in [0.717, 1.165) is 11.4 Å². The van der Waals surface area contributed by atoms with E-state index in [0.29, 0.717) is 0 Å². The molecule has 0 spiro atoms. The molecule has 10 rings (SSSR count). The normalized spacial score (nSPS) is 11.8. The molecule has 0 N–H and O–H groups in total. The molecule has 0 aliphatic rings. The maximum absolute atomic E-state index is 2.44. The molecule has 47 heavy (non-hydrogen) atoms. The van der Waals surface area contributed by atoms with Crippen molar-refractivity contribution in [3.05, 3.63) is 164 Å². The standard InChI is InChI=1S/C44H27NS2/c1-2-11-34-28(9-1)10-7-14-35(34)29-19-22-32(23-20-29)45(40-16-8-15-38-36-12-3-6-18-42(36)47-44(38)40)33-24-21-30-26-39-37-13-4-5-17-41(37)46-43(39)27-31(30)25-33/h1-27H. The van der Waals surface area contributed by atoms with E-state index in [1.807, 2.05) is 22.7 Å². The van der Waals surface area contributed by atoms with E-state index < -0.39 is 0 Å². The van der Waals surface area contributed by atoms with Crippen molar-refractivity contribution < 1.29 is 0 Å². The van der Waals surface area contributed by atoms with Gasteiger partial charge in [0.15, 0.2) is 0 Å². The van der Waals surface area contributed by atoms with E-state index in [9.17, 15) is 0 Å². The fourth-order valence-corrected chi connectivity index (χ4v) is 9.54. The van der Waals surface area contributed by atoms with Crippen molar-refractivity contribution in [2.24, 2.45) is 0 Å². The third kappa shape index (κ3) is 4.28. The van der Waals surface area contributed by atoms with Gasteiger partial charge < -0.3 is 4.90 Å². The van der Waals surface area contributed by atoms with Crippen molar-refractivity contribution in [1.82, 2.24) is 0 Å². The monoisotopic (exact) mass is 633 g/mol. The topological polar surface area (TPSA) is 3.24 Å². The molecule has 3 heteroatoms. The lowest BCUT2D eigenvalue weighted by molar-refractivity contribution is 1.31.